The number of ketones is 1. The van der Waals surface area contributed by atoms with Gasteiger partial charge in [0.05, 0.1) is 12.2 Å². The second kappa shape index (κ2) is 7.58. The molecule has 0 aliphatic carbocycles. The van der Waals surface area contributed by atoms with Crippen LogP contribution in [0.15, 0.2) is 54.6 Å². The number of Topliss-reactive ketones (excluding diaryl/α,β-unsaturated/α-hetero) is 1. The molecule has 1 amide bonds. The van der Waals surface area contributed by atoms with Gasteiger partial charge in [-0.3, -0.25) is 9.59 Å². The largest absolute Gasteiger partial charge is 0.492 e. The Morgan fingerprint density at radius 2 is 1.73 bits per heavy atom. The Kier molecular flexibility index (Phi) is 5.08. The lowest BCUT2D eigenvalue weighted by Crippen LogP contribution is -2.43. The lowest BCUT2D eigenvalue weighted by atomic mass is 9.86. The van der Waals surface area contributed by atoms with E-state index in [0.29, 0.717) is 11.3 Å². The molecule has 0 fully saturated rings. The molecule has 30 heavy (non-hydrogen) atoms. The first-order chi connectivity index (χ1) is 14.3. The Labute approximate surface area is 175 Å². The van der Waals surface area contributed by atoms with Crippen molar-refractivity contribution in [3.8, 4) is 5.75 Å². The molecule has 1 atom stereocenters. The van der Waals surface area contributed by atoms with Gasteiger partial charge in [-0.15, -0.1) is 0 Å². The van der Waals surface area contributed by atoms with Gasteiger partial charge in [-0.1, -0.05) is 42.5 Å². The van der Waals surface area contributed by atoms with E-state index in [0.717, 1.165) is 27.6 Å². The molecule has 0 spiro atoms. The number of hydrogen-bond acceptors (Lipinski definition) is 4. The highest BCUT2D eigenvalue weighted by atomic mass is 16.5. The number of rotatable bonds is 6. The van der Waals surface area contributed by atoms with Crippen LogP contribution in [0.4, 0.5) is 5.69 Å². The summed E-state index contributed by atoms with van der Waals surface area (Å²) >= 11 is 0. The predicted octanol–water partition coefficient (Wildman–Crippen LogP) is 4.05. The Balaban J connectivity index is 1.59. The number of ether oxygens (including phenoxy) is 1. The Bertz CT molecular complexity index is 1150. The van der Waals surface area contributed by atoms with Crippen LogP contribution in [-0.2, 0) is 15.2 Å². The van der Waals surface area contributed by atoms with Gasteiger partial charge in [-0.25, -0.2) is 0 Å². The van der Waals surface area contributed by atoms with Crippen LogP contribution in [0.5, 0.6) is 5.75 Å². The van der Waals surface area contributed by atoms with Crippen molar-refractivity contribution in [2.75, 3.05) is 18.1 Å². The zero-order valence-electron chi connectivity index (χ0n) is 17.4. The van der Waals surface area contributed by atoms with Gasteiger partial charge in [0, 0.05) is 12.0 Å². The molecule has 5 nitrogen and oxygen atoms in total. The molecule has 154 valence electrons. The molecular weight excluding hydrogens is 378 g/mol. The zero-order chi connectivity index (χ0) is 21.5. The fourth-order valence-electron chi connectivity index (χ4n) is 4.35. The maximum atomic E-state index is 13.2. The summed E-state index contributed by atoms with van der Waals surface area (Å²) in [5, 5.41) is 13.5. The molecule has 0 saturated carbocycles. The van der Waals surface area contributed by atoms with Gasteiger partial charge < -0.3 is 14.7 Å². The molecule has 0 bridgehead atoms. The van der Waals surface area contributed by atoms with Gasteiger partial charge in [-0.2, -0.15) is 0 Å². The van der Waals surface area contributed by atoms with Crippen LogP contribution >= 0.6 is 0 Å². The first-order valence-corrected chi connectivity index (χ1v) is 10.1. The molecule has 1 aliphatic heterocycles. The molecule has 3 aromatic carbocycles. The number of hydrogen-bond donors (Lipinski definition) is 1. The Morgan fingerprint density at radius 1 is 1.03 bits per heavy atom. The predicted molar refractivity (Wildman–Crippen MR) is 117 cm³/mol. The normalized spacial score (nSPS) is 18.0. The molecule has 4 rings (SSSR count). The number of benzene rings is 3. The minimum atomic E-state index is -1.82. The summed E-state index contributed by atoms with van der Waals surface area (Å²) < 4.78 is 5.92. The van der Waals surface area contributed by atoms with E-state index in [2.05, 4.69) is 0 Å². The number of aryl methyl sites for hydroxylation is 2. The average Bonchev–Trinajstić information content (AvgIpc) is 2.93. The second-order valence-electron chi connectivity index (χ2n) is 7.98. The van der Waals surface area contributed by atoms with Crippen molar-refractivity contribution in [3.05, 3.63) is 71.3 Å². The topological polar surface area (TPSA) is 66.8 Å². The molecule has 1 N–H and O–H groups in total. The van der Waals surface area contributed by atoms with E-state index in [-0.39, 0.29) is 25.4 Å². The summed E-state index contributed by atoms with van der Waals surface area (Å²) in [6, 6.07) is 17.7. The SMILES string of the molecule is CC(=O)CC1(O)C(=O)N(CCOc2ccc3ccccc3c2)c2c(C)ccc(C)c21. The maximum Gasteiger partial charge on any atom is 0.264 e. The van der Waals surface area contributed by atoms with Gasteiger partial charge in [0.25, 0.3) is 5.91 Å². The zero-order valence-corrected chi connectivity index (χ0v) is 17.4. The quantitative estimate of drug-likeness (QED) is 0.674. The summed E-state index contributed by atoms with van der Waals surface area (Å²) in [5.74, 6) is 0.0275. The highest BCUT2D eigenvalue weighted by Gasteiger charge is 2.51. The fraction of sp³-hybridized carbons (Fsp3) is 0.280. The van der Waals surface area contributed by atoms with Crippen molar-refractivity contribution in [2.45, 2.75) is 32.8 Å². The lowest BCUT2D eigenvalue weighted by Gasteiger charge is -2.23. The van der Waals surface area contributed by atoms with Gasteiger partial charge in [0.2, 0.25) is 0 Å². The van der Waals surface area contributed by atoms with Crippen LogP contribution in [0, 0.1) is 13.8 Å². The summed E-state index contributed by atoms with van der Waals surface area (Å²) in [7, 11) is 0. The molecule has 1 aliphatic rings. The number of amides is 1. The molecule has 0 radical (unpaired) electrons. The van der Waals surface area contributed by atoms with Crippen LogP contribution in [-0.4, -0.2) is 29.9 Å². The van der Waals surface area contributed by atoms with E-state index in [1.54, 1.807) is 4.90 Å². The van der Waals surface area contributed by atoms with E-state index >= 15 is 0 Å². The van der Waals surface area contributed by atoms with Crippen molar-refractivity contribution in [1.29, 1.82) is 0 Å². The first kappa shape index (κ1) is 20.1. The summed E-state index contributed by atoms with van der Waals surface area (Å²) in [6.07, 6.45) is -0.231. The van der Waals surface area contributed by atoms with E-state index in [9.17, 15) is 14.7 Å². The Morgan fingerprint density at radius 3 is 2.47 bits per heavy atom. The van der Waals surface area contributed by atoms with Crippen molar-refractivity contribution in [2.24, 2.45) is 0 Å². The number of fused-ring (bicyclic) bond motifs is 2. The van der Waals surface area contributed by atoms with Gasteiger partial charge in [0.1, 0.15) is 18.1 Å². The van der Waals surface area contributed by atoms with Gasteiger partial charge in [-0.05, 0) is 54.8 Å². The summed E-state index contributed by atoms with van der Waals surface area (Å²) in [5.41, 5.74) is 1.08. The van der Waals surface area contributed by atoms with Crippen molar-refractivity contribution in [1.82, 2.24) is 0 Å². The molecule has 0 saturated heterocycles. The third kappa shape index (κ3) is 3.35. The lowest BCUT2D eigenvalue weighted by molar-refractivity contribution is -0.141. The van der Waals surface area contributed by atoms with Crippen LogP contribution in [0.1, 0.15) is 30.0 Å². The van der Waals surface area contributed by atoms with Gasteiger partial charge in [0.15, 0.2) is 5.60 Å². The molecule has 1 unspecified atom stereocenters. The third-order valence-electron chi connectivity index (χ3n) is 5.68. The number of carbonyl (C=O) groups is 2. The monoisotopic (exact) mass is 403 g/mol. The second-order valence-corrected chi connectivity index (χ2v) is 7.98. The molecule has 5 heteroatoms. The van der Waals surface area contributed by atoms with Crippen LogP contribution in [0.2, 0.25) is 0 Å². The number of carbonyl (C=O) groups excluding carboxylic acids is 2. The van der Waals surface area contributed by atoms with Crippen molar-refractivity contribution < 1.29 is 19.4 Å². The van der Waals surface area contributed by atoms with E-state index in [4.69, 9.17) is 4.74 Å². The molecule has 1 heterocycles. The number of nitrogens with zero attached hydrogens (tertiary/aromatic N) is 1. The summed E-state index contributed by atoms with van der Waals surface area (Å²) in [6.45, 7) is 5.70. The molecule has 0 aromatic heterocycles. The Hall–Kier alpha value is -3.18. The fourth-order valence-corrected chi connectivity index (χ4v) is 4.35. The minimum absolute atomic E-state index is 0.230. The first-order valence-electron chi connectivity index (χ1n) is 10.1. The van der Waals surface area contributed by atoms with E-state index < -0.39 is 11.5 Å². The standard InChI is InChI=1S/C25H25NO4/c1-16-8-9-17(2)23-22(16)25(29,15-18(3)27)24(28)26(23)12-13-30-21-11-10-19-6-4-5-7-20(19)14-21/h4-11,14,29H,12-13,15H2,1-3H3. The van der Waals surface area contributed by atoms with Gasteiger partial charge >= 0.3 is 0 Å². The average molecular weight is 403 g/mol. The van der Waals surface area contributed by atoms with Crippen LogP contribution in [0.25, 0.3) is 10.8 Å². The van der Waals surface area contributed by atoms with Crippen molar-refractivity contribution in [3.63, 3.8) is 0 Å². The molecule has 3 aromatic rings. The smallest absolute Gasteiger partial charge is 0.264 e. The minimum Gasteiger partial charge on any atom is -0.492 e. The number of anilines is 1. The highest BCUT2D eigenvalue weighted by Crippen LogP contribution is 2.46. The van der Waals surface area contributed by atoms with Crippen LogP contribution in [0.3, 0.4) is 0 Å². The van der Waals surface area contributed by atoms with E-state index in [1.807, 2.05) is 68.4 Å². The van der Waals surface area contributed by atoms with E-state index in [1.165, 1.54) is 6.92 Å². The number of aliphatic hydroxyl groups is 1. The highest BCUT2D eigenvalue weighted by molar-refractivity contribution is 6.09. The third-order valence-corrected chi connectivity index (χ3v) is 5.68. The maximum absolute atomic E-state index is 13.2. The van der Waals surface area contributed by atoms with Crippen LogP contribution < -0.4 is 9.64 Å². The van der Waals surface area contributed by atoms with Crippen molar-refractivity contribution >= 4 is 28.2 Å². The summed E-state index contributed by atoms with van der Waals surface area (Å²) in [4.78, 5) is 26.6. The molecular formula is C25H25NO4.